The molecule has 6 nitrogen and oxygen atoms in total. The van der Waals surface area contributed by atoms with Gasteiger partial charge in [0.15, 0.2) is 0 Å². The van der Waals surface area contributed by atoms with Crippen LogP contribution in [-0.2, 0) is 19.3 Å². The van der Waals surface area contributed by atoms with E-state index in [9.17, 15) is 13.7 Å². The summed E-state index contributed by atoms with van der Waals surface area (Å²) in [5.41, 5.74) is 4.20. The van der Waals surface area contributed by atoms with Crippen LogP contribution in [0.2, 0.25) is 0 Å². The van der Waals surface area contributed by atoms with E-state index in [0.717, 1.165) is 17.5 Å². The molecule has 2 atom stereocenters. The number of nitrogens with zero attached hydrogens (tertiary/aromatic N) is 1. The lowest BCUT2D eigenvalue weighted by Crippen LogP contribution is -2.12. The van der Waals surface area contributed by atoms with Crippen molar-refractivity contribution in [3.8, 4) is 0 Å². The van der Waals surface area contributed by atoms with E-state index in [-0.39, 0.29) is 10.8 Å². The van der Waals surface area contributed by atoms with Gasteiger partial charge < -0.3 is 0 Å². The predicted octanol–water partition coefficient (Wildman–Crippen LogP) is 5.32. The normalized spacial score (nSPS) is 14.5. The third-order valence-corrected chi connectivity index (χ3v) is 6.47. The molecule has 0 spiro atoms. The Hall–Kier alpha value is -2.22. The Balaban J connectivity index is 2.23. The molecule has 2 aromatic rings. The highest BCUT2D eigenvalue weighted by Gasteiger charge is 2.22. The van der Waals surface area contributed by atoms with Crippen molar-refractivity contribution < 1.29 is 22.8 Å². The second-order valence-electron chi connectivity index (χ2n) is 7.47. The van der Waals surface area contributed by atoms with E-state index in [0.29, 0.717) is 22.4 Å². The number of hydrogen-bond acceptors (Lipinski definition) is 6. The average molecular weight is 420 g/mol. The molecule has 0 radical (unpaired) electrons. The lowest BCUT2D eigenvalue weighted by molar-refractivity contribution is -0.293. The number of rotatable bonds is 8. The maximum absolute atomic E-state index is 12.6. The Bertz CT molecular complexity index is 958. The third kappa shape index (κ3) is 5.44. The van der Waals surface area contributed by atoms with Gasteiger partial charge in [-0.1, -0.05) is 67.4 Å². The predicted molar refractivity (Wildman–Crippen MR) is 113 cm³/mol. The zero-order valence-electron chi connectivity index (χ0n) is 17.8. The van der Waals surface area contributed by atoms with Gasteiger partial charge in [0.1, 0.15) is 11.0 Å². The molecule has 0 aliphatic heterocycles. The van der Waals surface area contributed by atoms with Gasteiger partial charge in [-0.25, -0.2) is 4.89 Å². The first-order chi connectivity index (χ1) is 13.6. The second-order valence-corrected chi connectivity index (χ2v) is 8.93. The molecular formula is C22H29NO5S. The molecule has 0 amide bonds. The summed E-state index contributed by atoms with van der Waals surface area (Å²) in [5, 5.41) is 13.0. The van der Waals surface area contributed by atoms with E-state index in [1.54, 1.807) is 45.0 Å². The van der Waals surface area contributed by atoms with Crippen molar-refractivity contribution in [2.75, 3.05) is 0 Å². The van der Waals surface area contributed by atoms with E-state index >= 15 is 0 Å². The molecule has 0 aromatic heterocycles. The summed E-state index contributed by atoms with van der Waals surface area (Å²) < 4.78 is 30.3. The van der Waals surface area contributed by atoms with E-state index in [4.69, 9.17) is 4.28 Å². The highest BCUT2D eigenvalue weighted by Crippen LogP contribution is 2.28. The van der Waals surface area contributed by atoms with E-state index < -0.39 is 16.2 Å². The van der Waals surface area contributed by atoms with Gasteiger partial charge in [-0.3, -0.25) is 9.54 Å². The highest BCUT2D eigenvalue weighted by atomic mass is 32.2. The van der Waals surface area contributed by atoms with E-state index in [1.165, 1.54) is 0 Å². The molecule has 158 valence electrons. The van der Waals surface area contributed by atoms with Gasteiger partial charge >= 0.3 is 10.1 Å². The molecular weight excluding hydrogens is 390 g/mol. The summed E-state index contributed by atoms with van der Waals surface area (Å²) in [5.74, 6) is 0.148. The first kappa shape index (κ1) is 23.1. The van der Waals surface area contributed by atoms with Crippen LogP contribution in [0, 0.1) is 26.7 Å². The molecule has 2 rings (SSSR count). The summed E-state index contributed by atoms with van der Waals surface area (Å²) >= 11 is 0. The Morgan fingerprint density at radius 2 is 1.66 bits per heavy atom. The SMILES string of the molecule is CCC(C)C(OO)c1ccc(C(C)=NOS(=O)(=O)c2c(C)cc(C)cc2C)cc1. The molecule has 7 heteroatoms. The zero-order chi connectivity index (χ0) is 21.8. The maximum Gasteiger partial charge on any atom is 0.359 e. The molecule has 0 aliphatic carbocycles. The molecule has 0 heterocycles. The zero-order valence-corrected chi connectivity index (χ0v) is 18.6. The van der Waals surface area contributed by atoms with Crippen LogP contribution in [0.3, 0.4) is 0 Å². The minimum atomic E-state index is -4.02. The monoisotopic (exact) mass is 419 g/mol. The summed E-state index contributed by atoms with van der Waals surface area (Å²) in [6.07, 6.45) is 0.437. The van der Waals surface area contributed by atoms with Crippen molar-refractivity contribution in [2.24, 2.45) is 11.1 Å². The minimum absolute atomic E-state index is 0.145. The van der Waals surface area contributed by atoms with E-state index in [2.05, 4.69) is 10.0 Å². The van der Waals surface area contributed by atoms with Crippen LogP contribution in [-0.4, -0.2) is 19.4 Å². The van der Waals surface area contributed by atoms with Crippen LogP contribution in [0.15, 0.2) is 46.4 Å². The minimum Gasteiger partial charge on any atom is -0.264 e. The Labute approximate surface area is 173 Å². The molecule has 1 N–H and O–H groups in total. The fourth-order valence-corrected chi connectivity index (χ4v) is 4.57. The Kier molecular flexibility index (Phi) is 7.57. The van der Waals surface area contributed by atoms with Gasteiger partial charge in [0.2, 0.25) is 0 Å². The van der Waals surface area contributed by atoms with Gasteiger partial charge in [0, 0.05) is 0 Å². The summed E-state index contributed by atoms with van der Waals surface area (Å²) in [6.45, 7) is 11.1. The van der Waals surface area contributed by atoms with Crippen LogP contribution in [0.5, 0.6) is 0 Å². The van der Waals surface area contributed by atoms with Crippen LogP contribution in [0.1, 0.15) is 61.1 Å². The average Bonchev–Trinajstić information content (AvgIpc) is 2.66. The van der Waals surface area contributed by atoms with Crippen molar-refractivity contribution in [3.63, 3.8) is 0 Å². The molecule has 0 bridgehead atoms. The Morgan fingerprint density at radius 1 is 1.10 bits per heavy atom. The molecule has 29 heavy (non-hydrogen) atoms. The van der Waals surface area contributed by atoms with Crippen molar-refractivity contribution >= 4 is 15.8 Å². The standard InChI is InChI=1S/C22H29NO5S/c1-7-15(3)21(27-24)20-10-8-19(9-11-20)18(6)23-28-29(25,26)22-16(4)12-14(2)13-17(22)5/h8-13,15,21,24H,7H2,1-6H3. The lowest BCUT2D eigenvalue weighted by Gasteiger charge is -2.20. The largest absolute Gasteiger partial charge is 0.359 e. The van der Waals surface area contributed by atoms with E-state index in [1.807, 2.05) is 32.9 Å². The Morgan fingerprint density at radius 3 is 2.14 bits per heavy atom. The highest BCUT2D eigenvalue weighted by molar-refractivity contribution is 7.86. The molecule has 2 unspecified atom stereocenters. The van der Waals surface area contributed by atoms with Gasteiger partial charge in [-0.15, -0.1) is 0 Å². The maximum atomic E-state index is 12.6. The van der Waals surface area contributed by atoms with Crippen LogP contribution >= 0.6 is 0 Å². The van der Waals surface area contributed by atoms with Crippen molar-refractivity contribution in [2.45, 2.75) is 59.0 Å². The van der Waals surface area contributed by atoms with Gasteiger partial charge in [0.25, 0.3) is 0 Å². The van der Waals surface area contributed by atoms with Gasteiger partial charge in [-0.2, -0.15) is 8.42 Å². The first-order valence-corrected chi connectivity index (χ1v) is 11.0. The number of benzene rings is 2. The fraction of sp³-hybridized carbons (Fsp3) is 0.409. The summed E-state index contributed by atoms with van der Waals surface area (Å²) in [4.78, 5) is 4.77. The number of oxime groups is 1. The van der Waals surface area contributed by atoms with Crippen LogP contribution in [0.25, 0.3) is 0 Å². The topological polar surface area (TPSA) is 85.2 Å². The quantitative estimate of drug-likeness (QED) is 0.356. The van der Waals surface area contributed by atoms with Gasteiger partial charge in [0.05, 0.1) is 5.71 Å². The molecule has 0 saturated heterocycles. The van der Waals surface area contributed by atoms with Gasteiger partial charge in [-0.05, 0) is 55.9 Å². The third-order valence-electron chi connectivity index (χ3n) is 5.06. The number of aryl methyl sites for hydroxylation is 3. The molecule has 0 saturated carbocycles. The first-order valence-electron chi connectivity index (χ1n) is 9.57. The van der Waals surface area contributed by atoms with Crippen molar-refractivity contribution in [3.05, 3.63) is 64.2 Å². The van der Waals surface area contributed by atoms with Crippen LogP contribution in [0.4, 0.5) is 0 Å². The second kappa shape index (κ2) is 9.52. The lowest BCUT2D eigenvalue weighted by atomic mass is 9.94. The van der Waals surface area contributed by atoms with Crippen molar-refractivity contribution in [1.29, 1.82) is 0 Å². The number of hydrogen-bond donors (Lipinski definition) is 1. The molecule has 2 aromatic carbocycles. The molecule has 0 aliphatic rings. The summed E-state index contributed by atoms with van der Waals surface area (Å²) in [6, 6.07) is 10.8. The summed E-state index contributed by atoms with van der Waals surface area (Å²) in [7, 11) is -4.02. The fourth-order valence-electron chi connectivity index (χ4n) is 3.38. The van der Waals surface area contributed by atoms with Crippen molar-refractivity contribution in [1.82, 2.24) is 0 Å². The van der Waals surface area contributed by atoms with Crippen LogP contribution < -0.4 is 0 Å². The molecule has 0 fully saturated rings. The smallest absolute Gasteiger partial charge is 0.264 e.